The van der Waals surface area contributed by atoms with Gasteiger partial charge in [0.15, 0.2) is 0 Å². The second-order valence-corrected chi connectivity index (χ2v) is 2.91. The summed E-state index contributed by atoms with van der Waals surface area (Å²) in [6.45, 7) is 0.0521. The van der Waals surface area contributed by atoms with Gasteiger partial charge in [0.1, 0.15) is 10.7 Å². The Bertz CT molecular complexity index is 310. The number of furan rings is 1. The van der Waals surface area contributed by atoms with E-state index < -0.39 is 11.0 Å². The average Bonchev–Trinajstić information content (AvgIpc) is 2.62. The molecule has 0 saturated heterocycles. The molecule has 1 aromatic rings. The van der Waals surface area contributed by atoms with Crippen molar-refractivity contribution in [2.75, 3.05) is 6.61 Å². The zero-order valence-electron chi connectivity index (χ0n) is 7.55. The van der Waals surface area contributed by atoms with Gasteiger partial charge >= 0.3 is 5.88 Å². The Morgan fingerprint density at radius 2 is 2.36 bits per heavy atom. The van der Waals surface area contributed by atoms with E-state index in [0.29, 0.717) is 18.6 Å². The number of hydrogen-bond donors (Lipinski definition) is 2. The van der Waals surface area contributed by atoms with Crippen LogP contribution in [-0.2, 0) is 0 Å². The molecule has 0 aliphatic carbocycles. The first-order valence-corrected chi connectivity index (χ1v) is 4.25. The van der Waals surface area contributed by atoms with Crippen molar-refractivity contribution in [1.29, 1.82) is 0 Å². The Hall–Kier alpha value is -1.40. The van der Waals surface area contributed by atoms with E-state index in [9.17, 15) is 10.1 Å². The first-order chi connectivity index (χ1) is 6.65. The van der Waals surface area contributed by atoms with Crippen LogP contribution in [0.2, 0.25) is 0 Å². The minimum atomic E-state index is -0.609. The SMILES string of the molecule is N[C@H](CCCO)c1ccc([N+](=O)[O-])o1. The third kappa shape index (κ3) is 2.54. The lowest BCUT2D eigenvalue weighted by atomic mass is 10.1. The predicted octanol–water partition coefficient (Wildman–Crippen LogP) is 0.960. The normalized spacial score (nSPS) is 12.7. The van der Waals surface area contributed by atoms with Crippen LogP contribution in [0.1, 0.15) is 24.6 Å². The fourth-order valence-corrected chi connectivity index (χ4v) is 1.09. The molecule has 0 aliphatic rings. The van der Waals surface area contributed by atoms with E-state index in [1.807, 2.05) is 0 Å². The maximum atomic E-state index is 10.3. The summed E-state index contributed by atoms with van der Waals surface area (Å²) in [5.41, 5.74) is 5.67. The summed E-state index contributed by atoms with van der Waals surface area (Å²) in [6.07, 6.45) is 1.09. The van der Waals surface area contributed by atoms with Crippen LogP contribution in [0.4, 0.5) is 5.88 Å². The number of hydrogen-bond acceptors (Lipinski definition) is 5. The molecule has 0 radical (unpaired) electrons. The van der Waals surface area contributed by atoms with Gasteiger partial charge in [-0.05, 0) is 18.9 Å². The molecule has 78 valence electrons. The molecule has 0 aromatic carbocycles. The second kappa shape index (κ2) is 4.73. The van der Waals surface area contributed by atoms with Crippen LogP contribution in [0.5, 0.6) is 0 Å². The van der Waals surface area contributed by atoms with Crippen LogP contribution in [0.25, 0.3) is 0 Å². The lowest BCUT2D eigenvalue weighted by molar-refractivity contribution is -0.402. The summed E-state index contributed by atoms with van der Waals surface area (Å²) in [6, 6.07) is 2.37. The van der Waals surface area contributed by atoms with Crippen LogP contribution < -0.4 is 5.73 Å². The summed E-state index contributed by atoms with van der Waals surface area (Å²) < 4.78 is 4.90. The van der Waals surface area contributed by atoms with E-state index in [0.717, 1.165) is 0 Å². The van der Waals surface area contributed by atoms with Crippen molar-refractivity contribution in [3.05, 3.63) is 28.0 Å². The Labute approximate surface area is 80.5 Å². The number of aliphatic hydroxyl groups excluding tert-OH is 1. The molecule has 1 atom stereocenters. The lowest BCUT2D eigenvalue weighted by Gasteiger charge is -2.05. The number of nitro groups is 1. The zero-order valence-corrected chi connectivity index (χ0v) is 7.55. The number of nitrogens with zero attached hydrogens (tertiary/aromatic N) is 1. The van der Waals surface area contributed by atoms with Crippen molar-refractivity contribution in [2.45, 2.75) is 18.9 Å². The van der Waals surface area contributed by atoms with E-state index in [-0.39, 0.29) is 12.5 Å². The van der Waals surface area contributed by atoms with Gasteiger partial charge in [0.25, 0.3) is 0 Å². The van der Waals surface area contributed by atoms with Crippen LogP contribution >= 0.6 is 0 Å². The van der Waals surface area contributed by atoms with Gasteiger partial charge in [-0.3, -0.25) is 10.1 Å². The second-order valence-electron chi connectivity index (χ2n) is 2.91. The summed E-state index contributed by atoms with van der Waals surface area (Å²) in [4.78, 5) is 9.67. The Morgan fingerprint density at radius 1 is 1.64 bits per heavy atom. The van der Waals surface area contributed by atoms with Gasteiger partial charge in [0, 0.05) is 6.61 Å². The van der Waals surface area contributed by atoms with Gasteiger partial charge in [-0.15, -0.1) is 0 Å². The molecule has 0 amide bonds. The minimum absolute atomic E-state index is 0.0521. The third-order valence-electron chi connectivity index (χ3n) is 1.83. The molecule has 1 heterocycles. The molecule has 0 fully saturated rings. The van der Waals surface area contributed by atoms with Crippen LogP contribution in [-0.4, -0.2) is 16.6 Å². The molecular weight excluding hydrogens is 188 g/mol. The molecule has 14 heavy (non-hydrogen) atoms. The molecule has 3 N–H and O–H groups in total. The molecule has 6 nitrogen and oxygen atoms in total. The number of rotatable bonds is 5. The first-order valence-electron chi connectivity index (χ1n) is 4.25. The molecule has 0 bridgehead atoms. The number of nitrogens with two attached hydrogens (primary N) is 1. The molecule has 0 unspecified atom stereocenters. The van der Waals surface area contributed by atoms with Gasteiger partial charge in [-0.1, -0.05) is 0 Å². The highest BCUT2D eigenvalue weighted by Gasteiger charge is 2.16. The fourth-order valence-electron chi connectivity index (χ4n) is 1.09. The lowest BCUT2D eigenvalue weighted by Crippen LogP contribution is -2.09. The van der Waals surface area contributed by atoms with Crippen molar-refractivity contribution in [2.24, 2.45) is 5.73 Å². The molecule has 0 saturated carbocycles. The van der Waals surface area contributed by atoms with Gasteiger partial charge < -0.3 is 15.3 Å². The van der Waals surface area contributed by atoms with E-state index in [2.05, 4.69) is 0 Å². The average molecular weight is 200 g/mol. The monoisotopic (exact) mass is 200 g/mol. The summed E-state index contributed by atoms with van der Waals surface area (Å²) in [7, 11) is 0. The van der Waals surface area contributed by atoms with Crippen molar-refractivity contribution in [3.8, 4) is 0 Å². The Morgan fingerprint density at radius 3 is 2.86 bits per heavy atom. The molecule has 1 rings (SSSR count). The van der Waals surface area contributed by atoms with Gasteiger partial charge in [-0.25, -0.2) is 0 Å². The quantitative estimate of drug-likeness (QED) is 0.544. The van der Waals surface area contributed by atoms with Crippen molar-refractivity contribution in [3.63, 3.8) is 0 Å². The van der Waals surface area contributed by atoms with E-state index in [4.69, 9.17) is 15.3 Å². The highest BCUT2D eigenvalue weighted by atomic mass is 16.6. The maximum Gasteiger partial charge on any atom is 0.433 e. The largest absolute Gasteiger partial charge is 0.433 e. The first kappa shape index (κ1) is 10.7. The zero-order chi connectivity index (χ0) is 10.6. The molecule has 0 spiro atoms. The summed E-state index contributed by atoms with van der Waals surface area (Å²) >= 11 is 0. The summed E-state index contributed by atoms with van der Waals surface area (Å²) in [5.74, 6) is 0.0737. The van der Waals surface area contributed by atoms with Crippen molar-refractivity contribution >= 4 is 5.88 Å². The van der Waals surface area contributed by atoms with Gasteiger partial charge in [0.05, 0.1) is 12.1 Å². The van der Waals surface area contributed by atoms with E-state index in [1.54, 1.807) is 0 Å². The predicted molar refractivity (Wildman–Crippen MR) is 48.6 cm³/mol. The Kier molecular flexibility index (Phi) is 3.61. The highest BCUT2D eigenvalue weighted by molar-refractivity contribution is 5.19. The number of aliphatic hydroxyl groups is 1. The minimum Gasteiger partial charge on any atom is -0.404 e. The standard InChI is InChI=1S/C8H12N2O4/c9-6(2-1-5-11)7-3-4-8(14-7)10(12)13/h3-4,6,11H,1-2,5,9H2/t6-/m1/s1. The Balaban J connectivity index is 2.61. The highest BCUT2D eigenvalue weighted by Crippen LogP contribution is 2.22. The fraction of sp³-hybridized carbons (Fsp3) is 0.500. The van der Waals surface area contributed by atoms with Gasteiger partial charge in [0.2, 0.25) is 0 Å². The maximum absolute atomic E-state index is 10.3. The molecule has 6 heteroatoms. The van der Waals surface area contributed by atoms with E-state index >= 15 is 0 Å². The van der Waals surface area contributed by atoms with E-state index in [1.165, 1.54) is 12.1 Å². The van der Waals surface area contributed by atoms with Crippen molar-refractivity contribution < 1.29 is 14.4 Å². The summed E-state index contributed by atoms with van der Waals surface area (Å²) in [5, 5.41) is 18.8. The van der Waals surface area contributed by atoms with Crippen LogP contribution in [0.15, 0.2) is 16.5 Å². The topological polar surface area (TPSA) is 103 Å². The van der Waals surface area contributed by atoms with Gasteiger partial charge in [-0.2, -0.15) is 0 Å². The van der Waals surface area contributed by atoms with Crippen LogP contribution in [0.3, 0.4) is 0 Å². The third-order valence-corrected chi connectivity index (χ3v) is 1.83. The molecule has 1 aromatic heterocycles. The van der Waals surface area contributed by atoms with Crippen LogP contribution in [0, 0.1) is 10.1 Å². The molecular formula is C8H12N2O4. The molecule has 0 aliphatic heterocycles. The van der Waals surface area contributed by atoms with Crippen molar-refractivity contribution in [1.82, 2.24) is 0 Å². The smallest absolute Gasteiger partial charge is 0.404 e.